The van der Waals surface area contributed by atoms with Gasteiger partial charge in [0.15, 0.2) is 0 Å². The minimum atomic E-state index is -0.125. The lowest BCUT2D eigenvalue weighted by Crippen LogP contribution is -2.35. The quantitative estimate of drug-likeness (QED) is 0.740. The molecule has 1 unspecified atom stereocenters. The maximum Gasteiger partial charge on any atom is 0.251 e. The van der Waals surface area contributed by atoms with Crippen molar-refractivity contribution in [2.24, 2.45) is 0 Å². The monoisotopic (exact) mass is 366 g/mol. The van der Waals surface area contributed by atoms with Crippen LogP contribution in [-0.2, 0) is 11.2 Å². The van der Waals surface area contributed by atoms with Gasteiger partial charge in [-0.25, -0.2) is 0 Å². The second-order valence-corrected chi connectivity index (χ2v) is 6.83. The van der Waals surface area contributed by atoms with E-state index in [0.29, 0.717) is 25.1 Å². The van der Waals surface area contributed by atoms with Crippen LogP contribution >= 0.6 is 0 Å². The highest BCUT2D eigenvalue weighted by molar-refractivity contribution is 5.94. The topological polar surface area (TPSA) is 67.4 Å². The van der Waals surface area contributed by atoms with E-state index >= 15 is 0 Å². The molecule has 5 heteroatoms. The number of amides is 2. The van der Waals surface area contributed by atoms with Crippen molar-refractivity contribution >= 4 is 11.8 Å². The molecular weight excluding hydrogens is 340 g/mol. The molecule has 3 rings (SSSR count). The molecule has 0 saturated heterocycles. The van der Waals surface area contributed by atoms with Crippen molar-refractivity contribution in [3.63, 3.8) is 0 Å². The van der Waals surface area contributed by atoms with E-state index in [1.807, 2.05) is 24.3 Å². The molecule has 0 bridgehead atoms. The Kier molecular flexibility index (Phi) is 6.47. The second-order valence-electron chi connectivity index (χ2n) is 6.83. The number of carbonyl (C=O) groups excluding carboxylic acids is 2. The Hall–Kier alpha value is -2.82. The minimum Gasteiger partial charge on any atom is -0.497 e. The van der Waals surface area contributed by atoms with Gasteiger partial charge in [-0.3, -0.25) is 9.59 Å². The van der Waals surface area contributed by atoms with Crippen molar-refractivity contribution in [1.82, 2.24) is 10.6 Å². The summed E-state index contributed by atoms with van der Waals surface area (Å²) in [4.78, 5) is 24.3. The number of carbonyl (C=O) groups is 2. The van der Waals surface area contributed by atoms with Gasteiger partial charge in [0.2, 0.25) is 5.91 Å². The first kappa shape index (κ1) is 19.0. The van der Waals surface area contributed by atoms with Gasteiger partial charge in [0.05, 0.1) is 7.11 Å². The molecule has 0 aliphatic heterocycles. The molecule has 0 saturated carbocycles. The molecule has 0 fully saturated rings. The van der Waals surface area contributed by atoms with Crippen molar-refractivity contribution < 1.29 is 14.3 Å². The van der Waals surface area contributed by atoms with E-state index in [-0.39, 0.29) is 17.7 Å². The Balaban J connectivity index is 1.44. The highest BCUT2D eigenvalue weighted by Gasteiger charge is 2.23. The number of nitrogens with one attached hydrogen (secondary N) is 2. The molecule has 142 valence electrons. The van der Waals surface area contributed by atoms with Gasteiger partial charge in [-0.1, -0.05) is 24.3 Å². The maximum absolute atomic E-state index is 12.3. The first-order chi connectivity index (χ1) is 13.2. The molecule has 0 radical (unpaired) electrons. The van der Waals surface area contributed by atoms with Crippen LogP contribution in [0.2, 0.25) is 0 Å². The van der Waals surface area contributed by atoms with Gasteiger partial charge in [0.25, 0.3) is 5.91 Å². The number of methoxy groups -OCH3 is 1. The van der Waals surface area contributed by atoms with Crippen LogP contribution in [0.1, 0.15) is 46.7 Å². The fourth-order valence-electron chi connectivity index (χ4n) is 3.60. The van der Waals surface area contributed by atoms with E-state index in [0.717, 1.165) is 25.0 Å². The SMILES string of the molecule is COc1ccc2c(c1)CCCC2CC(=O)NCCNC(=O)c1ccccc1. The second kappa shape index (κ2) is 9.21. The summed E-state index contributed by atoms with van der Waals surface area (Å²) in [7, 11) is 1.67. The van der Waals surface area contributed by atoms with Gasteiger partial charge < -0.3 is 15.4 Å². The zero-order valence-electron chi connectivity index (χ0n) is 15.7. The molecule has 1 aliphatic carbocycles. The third-order valence-electron chi connectivity index (χ3n) is 4.99. The molecular formula is C22H26N2O3. The lowest BCUT2D eigenvalue weighted by atomic mass is 9.81. The Labute approximate surface area is 160 Å². The van der Waals surface area contributed by atoms with Crippen LogP contribution in [0.5, 0.6) is 5.75 Å². The fourth-order valence-corrected chi connectivity index (χ4v) is 3.60. The molecule has 2 aromatic rings. The van der Waals surface area contributed by atoms with Crippen molar-refractivity contribution in [3.8, 4) is 5.75 Å². The van der Waals surface area contributed by atoms with E-state index < -0.39 is 0 Å². The third kappa shape index (κ3) is 5.09. The molecule has 2 aromatic carbocycles. The van der Waals surface area contributed by atoms with E-state index in [2.05, 4.69) is 22.8 Å². The molecule has 2 N–H and O–H groups in total. The summed E-state index contributed by atoms with van der Waals surface area (Å²) in [5, 5.41) is 5.73. The average molecular weight is 366 g/mol. The molecule has 2 amide bonds. The Bertz CT molecular complexity index is 789. The number of ether oxygens (including phenoxy) is 1. The van der Waals surface area contributed by atoms with Crippen LogP contribution in [0.15, 0.2) is 48.5 Å². The van der Waals surface area contributed by atoms with Crippen LogP contribution in [-0.4, -0.2) is 32.0 Å². The average Bonchev–Trinajstić information content (AvgIpc) is 2.71. The molecule has 0 aromatic heterocycles. The van der Waals surface area contributed by atoms with Crippen LogP contribution < -0.4 is 15.4 Å². The molecule has 1 aliphatic rings. The summed E-state index contributed by atoms with van der Waals surface area (Å²) in [6, 6.07) is 15.2. The standard InChI is InChI=1S/C22H26N2O3/c1-27-19-10-11-20-17(14-19)8-5-9-18(20)15-21(25)23-12-13-24-22(26)16-6-3-2-4-7-16/h2-4,6-7,10-11,14,18H,5,8-9,12-13,15H2,1H3,(H,23,25)(H,24,26). The van der Waals surface area contributed by atoms with Gasteiger partial charge in [0, 0.05) is 25.1 Å². The summed E-state index contributed by atoms with van der Waals surface area (Å²) in [5.74, 6) is 1.02. The highest BCUT2D eigenvalue weighted by Crippen LogP contribution is 2.35. The van der Waals surface area contributed by atoms with E-state index in [1.165, 1.54) is 11.1 Å². The molecule has 1 atom stereocenters. The van der Waals surface area contributed by atoms with Crippen molar-refractivity contribution in [1.29, 1.82) is 0 Å². The van der Waals surface area contributed by atoms with Gasteiger partial charge in [-0.2, -0.15) is 0 Å². The van der Waals surface area contributed by atoms with Gasteiger partial charge in [0.1, 0.15) is 5.75 Å². The van der Waals surface area contributed by atoms with Crippen molar-refractivity contribution in [2.45, 2.75) is 31.6 Å². The molecule has 27 heavy (non-hydrogen) atoms. The normalized spacial score (nSPS) is 15.5. The number of hydrogen-bond acceptors (Lipinski definition) is 3. The number of rotatable bonds is 7. The fraction of sp³-hybridized carbons (Fsp3) is 0.364. The zero-order chi connectivity index (χ0) is 19.1. The Morgan fingerprint density at radius 3 is 2.63 bits per heavy atom. The lowest BCUT2D eigenvalue weighted by molar-refractivity contribution is -0.121. The van der Waals surface area contributed by atoms with Crippen LogP contribution in [0.3, 0.4) is 0 Å². The Morgan fingerprint density at radius 2 is 1.85 bits per heavy atom. The predicted molar refractivity (Wildman–Crippen MR) is 105 cm³/mol. The number of aryl methyl sites for hydroxylation is 1. The summed E-state index contributed by atoms with van der Waals surface area (Å²) < 4.78 is 5.30. The minimum absolute atomic E-state index is 0.0256. The first-order valence-corrected chi connectivity index (χ1v) is 9.44. The van der Waals surface area contributed by atoms with E-state index in [4.69, 9.17) is 4.74 Å². The van der Waals surface area contributed by atoms with Crippen molar-refractivity contribution in [3.05, 3.63) is 65.2 Å². The maximum atomic E-state index is 12.3. The number of fused-ring (bicyclic) bond motifs is 1. The molecule has 5 nitrogen and oxygen atoms in total. The third-order valence-corrected chi connectivity index (χ3v) is 4.99. The molecule has 0 spiro atoms. The van der Waals surface area contributed by atoms with Crippen LogP contribution in [0.25, 0.3) is 0 Å². The summed E-state index contributed by atoms with van der Waals surface area (Å²) in [5.41, 5.74) is 3.17. The first-order valence-electron chi connectivity index (χ1n) is 9.44. The largest absolute Gasteiger partial charge is 0.497 e. The highest BCUT2D eigenvalue weighted by atomic mass is 16.5. The van der Waals surface area contributed by atoms with Gasteiger partial charge in [-0.05, 0) is 60.6 Å². The number of benzene rings is 2. The summed E-state index contributed by atoms with van der Waals surface area (Å²) >= 11 is 0. The van der Waals surface area contributed by atoms with Crippen LogP contribution in [0.4, 0.5) is 0 Å². The zero-order valence-corrected chi connectivity index (χ0v) is 15.7. The van der Waals surface area contributed by atoms with Crippen molar-refractivity contribution in [2.75, 3.05) is 20.2 Å². The van der Waals surface area contributed by atoms with Crippen LogP contribution in [0, 0.1) is 0 Å². The molecule has 0 heterocycles. The Morgan fingerprint density at radius 1 is 1.07 bits per heavy atom. The van der Waals surface area contributed by atoms with E-state index in [1.54, 1.807) is 19.2 Å². The smallest absolute Gasteiger partial charge is 0.251 e. The lowest BCUT2D eigenvalue weighted by Gasteiger charge is -2.25. The summed E-state index contributed by atoms with van der Waals surface area (Å²) in [6.45, 7) is 0.845. The van der Waals surface area contributed by atoms with Gasteiger partial charge >= 0.3 is 0 Å². The predicted octanol–water partition coefficient (Wildman–Crippen LogP) is 3.05. The number of hydrogen-bond donors (Lipinski definition) is 2. The van der Waals surface area contributed by atoms with Gasteiger partial charge in [-0.15, -0.1) is 0 Å². The van der Waals surface area contributed by atoms with E-state index in [9.17, 15) is 9.59 Å². The summed E-state index contributed by atoms with van der Waals surface area (Å²) in [6.07, 6.45) is 3.63.